The molecule has 0 fully saturated rings. The van der Waals surface area contributed by atoms with Crippen molar-refractivity contribution in [1.29, 1.82) is 0 Å². The van der Waals surface area contributed by atoms with Gasteiger partial charge in [-0.05, 0) is 50.1 Å². The van der Waals surface area contributed by atoms with E-state index in [0.717, 1.165) is 16.7 Å². The van der Waals surface area contributed by atoms with Gasteiger partial charge in [-0.15, -0.1) is 0 Å². The summed E-state index contributed by atoms with van der Waals surface area (Å²) in [7, 11) is 2.38. The van der Waals surface area contributed by atoms with E-state index < -0.39 is 23.8 Å². The molecule has 0 atom stereocenters. The van der Waals surface area contributed by atoms with Crippen LogP contribution in [0.1, 0.15) is 37.4 Å². The Morgan fingerprint density at radius 2 is 1.31 bits per heavy atom. The van der Waals surface area contributed by atoms with E-state index in [1.54, 1.807) is 0 Å². The molecule has 152 valence electrons. The Hall–Kier alpha value is -3.68. The molecule has 0 aromatic heterocycles. The summed E-state index contributed by atoms with van der Waals surface area (Å²) in [5.41, 5.74) is 3.23. The van der Waals surface area contributed by atoms with Crippen LogP contribution in [0.4, 0.5) is 11.4 Å². The van der Waals surface area contributed by atoms with Crippen LogP contribution in [0.25, 0.3) is 0 Å². The number of methoxy groups -OCH3 is 2. The van der Waals surface area contributed by atoms with Crippen LogP contribution < -0.4 is 10.6 Å². The highest BCUT2D eigenvalue weighted by atomic mass is 16.5. The summed E-state index contributed by atoms with van der Waals surface area (Å²) in [6.07, 6.45) is 0. The fourth-order valence-electron chi connectivity index (χ4n) is 2.91. The van der Waals surface area contributed by atoms with Crippen LogP contribution in [-0.2, 0) is 19.1 Å². The molecule has 0 aliphatic carbocycles. The van der Waals surface area contributed by atoms with Crippen LogP contribution >= 0.6 is 0 Å². The van der Waals surface area contributed by atoms with Crippen LogP contribution in [0, 0.1) is 20.8 Å². The van der Waals surface area contributed by atoms with E-state index >= 15 is 0 Å². The SMILES string of the molecule is COC(=O)c1ccc(C(=O)OC)c(NC(=O)C(=O)Nc2c(C)cc(C)cc2C)c1. The van der Waals surface area contributed by atoms with Crippen molar-refractivity contribution in [3.63, 3.8) is 0 Å². The lowest BCUT2D eigenvalue weighted by molar-refractivity contribution is -0.133. The van der Waals surface area contributed by atoms with Crippen LogP contribution in [-0.4, -0.2) is 38.0 Å². The minimum Gasteiger partial charge on any atom is -0.465 e. The normalized spacial score (nSPS) is 10.1. The van der Waals surface area contributed by atoms with Gasteiger partial charge in [0.2, 0.25) is 0 Å². The quantitative estimate of drug-likeness (QED) is 0.605. The molecule has 0 saturated heterocycles. The maximum absolute atomic E-state index is 12.4. The van der Waals surface area contributed by atoms with Crippen LogP contribution in [0.5, 0.6) is 0 Å². The molecule has 29 heavy (non-hydrogen) atoms. The molecule has 0 unspecified atom stereocenters. The number of ether oxygens (including phenoxy) is 2. The Labute approximate surface area is 168 Å². The van der Waals surface area contributed by atoms with Gasteiger partial charge in [0.25, 0.3) is 0 Å². The molecule has 2 aromatic rings. The number of amides is 2. The van der Waals surface area contributed by atoms with Crippen LogP contribution in [0.3, 0.4) is 0 Å². The van der Waals surface area contributed by atoms with Crippen molar-refractivity contribution < 1.29 is 28.7 Å². The number of carbonyl (C=O) groups is 4. The van der Waals surface area contributed by atoms with E-state index in [1.807, 2.05) is 32.9 Å². The molecule has 8 nitrogen and oxygen atoms in total. The highest BCUT2D eigenvalue weighted by Gasteiger charge is 2.21. The highest BCUT2D eigenvalue weighted by molar-refractivity contribution is 6.44. The molecule has 0 aliphatic rings. The summed E-state index contributed by atoms with van der Waals surface area (Å²) in [5.74, 6) is -3.31. The zero-order valence-electron chi connectivity index (χ0n) is 16.8. The van der Waals surface area contributed by atoms with Crippen molar-refractivity contribution in [2.75, 3.05) is 24.9 Å². The maximum atomic E-state index is 12.4. The number of benzene rings is 2. The number of aryl methyl sites for hydroxylation is 3. The van der Waals surface area contributed by atoms with E-state index in [1.165, 1.54) is 32.4 Å². The molecule has 0 spiro atoms. The molecule has 0 saturated carbocycles. The number of hydrogen-bond acceptors (Lipinski definition) is 6. The Bertz CT molecular complexity index is 974. The minimum absolute atomic E-state index is 0.0102. The Balaban J connectivity index is 2.30. The van der Waals surface area contributed by atoms with E-state index in [2.05, 4.69) is 20.1 Å². The van der Waals surface area contributed by atoms with Gasteiger partial charge in [0.15, 0.2) is 0 Å². The smallest absolute Gasteiger partial charge is 0.339 e. The van der Waals surface area contributed by atoms with E-state index in [9.17, 15) is 19.2 Å². The Morgan fingerprint density at radius 1 is 0.759 bits per heavy atom. The summed E-state index contributed by atoms with van der Waals surface area (Å²) in [5, 5.41) is 4.93. The first kappa shape index (κ1) is 21.6. The fourth-order valence-corrected chi connectivity index (χ4v) is 2.91. The second kappa shape index (κ2) is 9.01. The van der Waals surface area contributed by atoms with Gasteiger partial charge in [-0.25, -0.2) is 9.59 Å². The monoisotopic (exact) mass is 398 g/mol. The number of anilines is 2. The van der Waals surface area contributed by atoms with Gasteiger partial charge in [0.1, 0.15) is 0 Å². The number of esters is 2. The van der Waals surface area contributed by atoms with E-state index in [-0.39, 0.29) is 16.8 Å². The largest absolute Gasteiger partial charge is 0.465 e. The van der Waals surface area contributed by atoms with Crippen molar-refractivity contribution in [3.8, 4) is 0 Å². The van der Waals surface area contributed by atoms with Crippen molar-refractivity contribution in [2.45, 2.75) is 20.8 Å². The molecule has 2 rings (SSSR count). The first-order chi connectivity index (χ1) is 13.7. The summed E-state index contributed by atoms with van der Waals surface area (Å²) in [6.45, 7) is 5.58. The van der Waals surface area contributed by atoms with E-state index in [4.69, 9.17) is 0 Å². The van der Waals surface area contributed by atoms with Crippen LogP contribution in [0.2, 0.25) is 0 Å². The lowest BCUT2D eigenvalue weighted by Crippen LogP contribution is -2.30. The number of hydrogen-bond donors (Lipinski definition) is 2. The Kier molecular flexibility index (Phi) is 6.71. The Morgan fingerprint density at radius 3 is 1.86 bits per heavy atom. The molecule has 0 aliphatic heterocycles. The molecule has 8 heteroatoms. The zero-order valence-corrected chi connectivity index (χ0v) is 16.8. The molecule has 0 bridgehead atoms. The highest BCUT2D eigenvalue weighted by Crippen LogP contribution is 2.23. The maximum Gasteiger partial charge on any atom is 0.339 e. The number of carbonyl (C=O) groups excluding carboxylic acids is 4. The predicted molar refractivity (Wildman–Crippen MR) is 107 cm³/mol. The third-order valence-electron chi connectivity index (χ3n) is 4.22. The molecule has 0 radical (unpaired) electrons. The average Bonchev–Trinajstić information content (AvgIpc) is 2.69. The molecule has 2 N–H and O–H groups in total. The zero-order chi connectivity index (χ0) is 21.7. The molecule has 2 amide bonds. The number of rotatable bonds is 4. The van der Waals surface area contributed by atoms with Crippen molar-refractivity contribution in [2.24, 2.45) is 0 Å². The molecular formula is C21H22N2O6. The van der Waals surface area contributed by atoms with Crippen LogP contribution in [0.15, 0.2) is 30.3 Å². The summed E-state index contributed by atoms with van der Waals surface area (Å²) >= 11 is 0. The predicted octanol–water partition coefficient (Wildman–Crippen LogP) is 2.76. The van der Waals surface area contributed by atoms with Crippen molar-refractivity contribution in [3.05, 3.63) is 58.1 Å². The first-order valence-corrected chi connectivity index (χ1v) is 8.68. The van der Waals surface area contributed by atoms with Gasteiger partial charge < -0.3 is 20.1 Å². The summed E-state index contributed by atoms with van der Waals surface area (Å²) < 4.78 is 9.32. The first-order valence-electron chi connectivity index (χ1n) is 8.68. The third-order valence-corrected chi connectivity index (χ3v) is 4.22. The van der Waals surface area contributed by atoms with Gasteiger partial charge >= 0.3 is 23.8 Å². The lowest BCUT2D eigenvalue weighted by Gasteiger charge is -2.14. The summed E-state index contributed by atoms with van der Waals surface area (Å²) in [6, 6.07) is 7.67. The molecule has 2 aromatic carbocycles. The third kappa shape index (κ3) is 4.98. The lowest BCUT2D eigenvalue weighted by atomic mass is 10.1. The summed E-state index contributed by atoms with van der Waals surface area (Å²) in [4.78, 5) is 48.5. The van der Waals surface area contributed by atoms with Gasteiger partial charge in [0.05, 0.1) is 31.0 Å². The minimum atomic E-state index is -1.00. The fraction of sp³-hybridized carbons (Fsp3) is 0.238. The van der Waals surface area contributed by atoms with Gasteiger partial charge in [-0.1, -0.05) is 17.7 Å². The second-order valence-electron chi connectivity index (χ2n) is 6.43. The van der Waals surface area contributed by atoms with E-state index in [0.29, 0.717) is 5.69 Å². The average molecular weight is 398 g/mol. The van der Waals surface area contributed by atoms with Crippen molar-refractivity contribution >= 4 is 35.1 Å². The van der Waals surface area contributed by atoms with Gasteiger partial charge in [-0.2, -0.15) is 0 Å². The molecular weight excluding hydrogens is 376 g/mol. The van der Waals surface area contributed by atoms with Gasteiger partial charge in [0, 0.05) is 5.69 Å². The van der Waals surface area contributed by atoms with Crippen molar-refractivity contribution in [1.82, 2.24) is 0 Å². The second-order valence-corrected chi connectivity index (χ2v) is 6.43. The standard InChI is InChI=1S/C21H22N2O6/c1-11-8-12(2)17(13(3)9-11)23-19(25)18(24)22-16-10-14(20(26)28-4)6-7-15(16)21(27)29-5/h6-10H,1-5H3,(H,22,24)(H,23,25). The number of nitrogens with one attached hydrogen (secondary N) is 2. The molecule has 0 heterocycles. The topological polar surface area (TPSA) is 111 Å². The van der Waals surface area contributed by atoms with Gasteiger partial charge in [-0.3, -0.25) is 9.59 Å².